The fourth-order valence-corrected chi connectivity index (χ4v) is 3.69. The maximum atomic E-state index is 3.70. The summed E-state index contributed by atoms with van der Waals surface area (Å²) in [6.07, 6.45) is 3.91. The van der Waals surface area contributed by atoms with Crippen molar-refractivity contribution >= 4 is 11.8 Å². The molecule has 114 valence electrons. The van der Waals surface area contributed by atoms with Gasteiger partial charge in [0, 0.05) is 35.2 Å². The maximum absolute atomic E-state index is 3.70. The van der Waals surface area contributed by atoms with Gasteiger partial charge >= 0.3 is 0 Å². The van der Waals surface area contributed by atoms with Crippen molar-refractivity contribution < 1.29 is 0 Å². The van der Waals surface area contributed by atoms with Gasteiger partial charge in [0.2, 0.25) is 0 Å². The molecule has 0 radical (unpaired) electrons. The Morgan fingerprint density at radius 3 is 2.53 bits per heavy atom. The smallest absolute Gasteiger partial charge is 0.0221 e. The Labute approximate surface area is 125 Å². The van der Waals surface area contributed by atoms with Crippen molar-refractivity contribution in [1.82, 2.24) is 10.2 Å². The normalized spacial score (nSPS) is 23.1. The first kappa shape index (κ1) is 17.3. The van der Waals surface area contributed by atoms with Crippen molar-refractivity contribution in [2.24, 2.45) is 0 Å². The molecule has 0 aromatic rings. The SMILES string of the molecule is CCCC(CNC(C)(C)C)N1CCSC(C)(C)CC1. The van der Waals surface area contributed by atoms with Gasteiger partial charge in [0.05, 0.1) is 0 Å². The lowest BCUT2D eigenvalue weighted by Crippen LogP contribution is -2.48. The molecule has 1 aliphatic rings. The van der Waals surface area contributed by atoms with Crippen LogP contribution in [0.25, 0.3) is 0 Å². The molecule has 1 N–H and O–H groups in total. The Kier molecular flexibility index (Phi) is 6.68. The van der Waals surface area contributed by atoms with Crippen LogP contribution in [0, 0.1) is 0 Å². The summed E-state index contributed by atoms with van der Waals surface area (Å²) in [6, 6.07) is 0.707. The van der Waals surface area contributed by atoms with Gasteiger partial charge in [-0.3, -0.25) is 4.90 Å². The Hall–Kier alpha value is 0.270. The van der Waals surface area contributed by atoms with E-state index in [-0.39, 0.29) is 5.54 Å². The third-order valence-corrected chi connectivity index (χ3v) is 5.25. The van der Waals surface area contributed by atoms with Gasteiger partial charge in [-0.15, -0.1) is 0 Å². The molecule has 1 unspecified atom stereocenters. The zero-order valence-electron chi connectivity index (χ0n) is 13.9. The van der Waals surface area contributed by atoms with Crippen LogP contribution >= 0.6 is 11.8 Å². The second-order valence-electron chi connectivity index (χ2n) is 7.47. The minimum atomic E-state index is 0.228. The second-order valence-corrected chi connectivity index (χ2v) is 9.27. The molecule has 0 aromatic heterocycles. The molecule has 1 fully saturated rings. The quantitative estimate of drug-likeness (QED) is 0.828. The minimum absolute atomic E-state index is 0.228. The third kappa shape index (κ3) is 7.01. The van der Waals surface area contributed by atoms with Crippen molar-refractivity contribution in [3.05, 3.63) is 0 Å². The number of rotatable bonds is 5. The lowest BCUT2D eigenvalue weighted by atomic mass is 10.0. The van der Waals surface area contributed by atoms with E-state index in [0.717, 1.165) is 6.54 Å². The highest BCUT2D eigenvalue weighted by molar-refractivity contribution is 8.00. The lowest BCUT2D eigenvalue weighted by molar-refractivity contribution is 0.179. The van der Waals surface area contributed by atoms with E-state index >= 15 is 0 Å². The Morgan fingerprint density at radius 1 is 1.26 bits per heavy atom. The summed E-state index contributed by atoms with van der Waals surface area (Å²) in [5.74, 6) is 1.28. The van der Waals surface area contributed by atoms with E-state index in [9.17, 15) is 0 Å². The van der Waals surface area contributed by atoms with Crippen LogP contribution in [0.2, 0.25) is 0 Å². The summed E-state index contributed by atoms with van der Waals surface area (Å²) in [6.45, 7) is 17.5. The van der Waals surface area contributed by atoms with E-state index in [1.807, 2.05) is 0 Å². The molecule has 2 nitrogen and oxygen atoms in total. The molecule has 1 heterocycles. The zero-order chi connectivity index (χ0) is 14.5. The number of nitrogens with zero attached hydrogens (tertiary/aromatic N) is 1. The topological polar surface area (TPSA) is 15.3 Å². The first-order chi connectivity index (χ1) is 8.73. The summed E-state index contributed by atoms with van der Waals surface area (Å²) < 4.78 is 0.461. The molecule has 0 bridgehead atoms. The van der Waals surface area contributed by atoms with E-state index < -0.39 is 0 Å². The average Bonchev–Trinajstić information content (AvgIpc) is 2.44. The van der Waals surface area contributed by atoms with Crippen LogP contribution in [0.4, 0.5) is 0 Å². The van der Waals surface area contributed by atoms with Gasteiger partial charge in [-0.1, -0.05) is 27.2 Å². The predicted molar refractivity (Wildman–Crippen MR) is 89.2 cm³/mol. The van der Waals surface area contributed by atoms with E-state index in [1.165, 1.54) is 38.1 Å². The highest BCUT2D eigenvalue weighted by Gasteiger charge is 2.27. The first-order valence-corrected chi connectivity index (χ1v) is 8.85. The molecule has 1 aliphatic heterocycles. The molecule has 0 aromatic carbocycles. The van der Waals surface area contributed by atoms with Crippen molar-refractivity contribution in [3.8, 4) is 0 Å². The average molecular weight is 287 g/mol. The first-order valence-electron chi connectivity index (χ1n) is 7.86. The molecular formula is C16H34N2S. The Morgan fingerprint density at radius 2 is 1.95 bits per heavy atom. The van der Waals surface area contributed by atoms with Gasteiger partial charge in [-0.05, 0) is 40.2 Å². The summed E-state index contributed by atoms with van der Waals surface area (Å²) in [7, 11) is 0. The lowest BCUT2D eigenvalue weighted by Gasteiger charge is -2.33. The van der Waals surface area contributed by atoms with Crippen molar-refractivity contribution in [3.63, 3.8) is 0 Å². The Balaban J connectivity index is 2.55. The van der Waals surface area contributed by atoms with Crippen LogP contribution in [0.5, 0.6) is 0 Å². The number of thioether (sulfide) groups is 1. The maximum Gasteiger partial charge on any atom is 0.0221 e. The van der Waals surface area contributed by atoms with E-state index in [4.69, 9.17) is 0 Å². The largest absolute Gasteiger partial charge is 0.311 e. The minimum Gasteiger partial charge on any atom is -0.311 e. The van der Waals surface area contributed by atoms with E-state index in [2.05, 4.69) is 63.5 Å². The number of hydrogen-bond donors (Lipinski definition) is 1. The zero-order valence-corrected chi connectivity index (χ0v) is 14.7. The monoisotopic (exact) mass is 286 g/mol. The van der Waals surface area contributed by atoms with Crippen LogP contribution < -0.4 is 5.32 Å². The molecule has 1 saturated heterocycles. The fourth-order valence-electron chi connectivity index (χ4n) is 2.57. The van der Waals surface area contributed by atoms with Crippen LogP contribution in [-0.2, 0) is 0 Å². The van der Waals surface area contributed by atoms with E-state index in [0.29, 0.717) is 10.8 Å². The molecule has 1 rings (SSSR count). The predicted octanol–water partition coefficient (Wildman–Crippen LogP) is 3.76. The van der Waals surface area contributed by atoms with Gasteiger partial charge in [0.25, 0.3) is 0 Å². The van der Waals surface area contributed by atoms with E-state index in [1.54, 1.807) is 0 Å². The second kappa shape index (κ2) is 7.33. The molecule has 19 heavy (non-hydrogen) atoms. The molecule has 0 amide bonds. The summed E-state index contributed by atoms with van der Waals surface area (Å²) >= 11 is 2.14. The summed E-state index contributed by atoms with van der Waals surface area (Å²) in [5.41, 5.74) is 0.228. The fraction of sp³-hybridized carbons (Fsp3) is 1.00. The van der Waals surface area contributed by atoms with Crippen LogP contribution in [0.1, 0.15) is 60.8 Å². The Bertz CT molecular complexity index is 258. The number of nitrogens with one attached hydrogen (secondary N) is 1. The van der Waals surface area contributed by atoms with Gasteiger partial charge in [-0.2, -0.15) is 11.8 Å². The van der Waals surface area contributed by atoms with Gasteiger partial charge in [-0.25, -0.2) is 0 Å². The summed E-state index contributed by atoms with van der Waals surface area (Å²) in [4.78, 5) is 2.73. The van der Waals surface area contributed by atoms with Crippen LogP contribution in [0.15, 0.2) is 0 Å². The van der Waals surface area contributed by atoms with Crippen molar-refractivity contribution in [2.75, 3.05) is 25.4 Å². The molecule has 0 aliphatic carbocycles. The standard InChI is InChI=1S/C16H34N2S/c1-7-8-14(13-17-15(2,3)4)18-10-9-16(5,6)19-12-11-18/h14,17H,7-13H2,1-6H3. The number of hydrogen-bond acceptors (Lipinski definition) is 3. The molecule has 1 atom stereocenters. The van der Waals surface area contributed by atoms with Crippen molar-refractivity contribution in [2.45, 2.75) is 77.1 Å². The van der Waals surface area contributed by atoms with Crippen LogP contribution in [0.3, 0.4) is 0 Å². The van der Waals surface area contributed by atoms with Gasteiger partial charge in [0.15, 0.2) is 0 Å². The highest BCUT2D eigenvalue weighted by atomic mass is 32.2. The molecule has 0 saturated carbocycles. The van der Waals surface area contributed by atoms with Gasteiger partial charge in [0.1, 0.15) is 0 Å². The van der Waals surface area contributed by atoms with Crippen LogP contribution in [-0.4, -0.2) is 46.6 Å². The van der Waals surface area contributed by atoms with Gasteiger partial charge < -0.3 is 5.32 Å². The summed E-state index contributed by atoms with van der Waals surface area (Å²) in [5, 5.41) is 3.70. The highest BCUT2D eigenvalue weighted by Crippen LogP contribution is 2.31. The molecule has 3 heteroatoms. The van der Waals surface area contributed by atoms with Crippen molar-refractivity contribution in [1.29, 1.82) is 0 Å². The molecule has 0 spiro atoms. The third-order valence-electron chi connectivity index (χ3n) is 3.88. The molecular weight excluding hydrogens is 252 g/mol.